The molecule has 1 saturated carbocycles. The zero-order valence-electron chi connectivity index (χ0n) is 21.2. The topological polar surface area (TPSA) is 71.4 Å². The number of ether oxygens (including phenoxy) is 2. The zero-order chi connectivity index (χ0) is 26.2. The highest BCUT2D eigenvalue weighted by Crippen LogP contribution is 2.66. The minimum atomic E-state index is -1.57. The molecule has 6 nitrogen and oxygen atoms in total. The summed E-state index contributed by atoms with van der Waals surface area (Å²) < 4.78 is 41.2. The van der Waals surface area contributed by atoms with E-state index in [9.17, 15) is 14.3 Å². The van der Waals surface area contributed by atoms with Crippen LogP contribution in [-0.4, -0.2) is 66.3 Å². The maximum atomic E-state index is 15.0. The minimum absolute atomic E-state index is 0.0938. The molecule has 2 aliphatic rings. The van der Waals surface area contributed by atoms with Crippen LogP contribution in [0.3, 0.4) is 0 Å². The summed E-state index contributed by atoms with van der Waals surface area (Å²) in [5, 5.41) is 10.4. The smallest absolute Gasteiger partial charge is 0.418 e. The van der Waals surface area contributed by atoms with Crippen LogP contribution >= 0.6 is 27.7 Å². The van der Waals surface area contributed by atoms with Gasteiger partial charge in [0.1, 0.15) is 30.4 Å². The summed E-state index contributed by atoms with van der Waals surface area (Å²) in [5.74, 6) is -1.01. The molecular weight excluding hydrogens is 558 g/mol. The van der Waals surface area contributed by atoms with Crippen molar-refractivity contribution in [3.8, 4) is 0 Å². The van der Waals surface area contributed by atoms with Gasteiger partial charge in [0, 0.05) is 30.6 Å². The molecule has 3 atom stereocenters. The van der Waals surface area contributed by atoms with E-state index in [1.165, 1.54) is 28.8 Å². The molecule has 11 heteroatoms. The van der Waals surface area contributed by atoms with Gasteiger partial charge in [0.05, 0.1) is 11.4 Å². The summed E-state index contributed by atoms with van der Waals surface area (Å²) in [4.78, 5) is 19.1. The molecule has 0 radical (unpaired) electrons. The average Bonchev–Trinajstić information content (AvgIpc) is 3.48. The number of nitrogens with zero attached hydrogens (tertiary/aromatic N) is 2. The Morgan fingerprint density at radius 2 is 2.06 bits per heavy atom. The Kier molecular flexibility index (Phi) is 8.48. The van der Waals surface area contributed by atoms with Crippen LogP contribution in [0.2, 0.25) is 25.7 Å². The highest BCUT2D eigenvalue weighted by Gasteiger charge is 2.69. The van der Waals surface area contributed by atoms with Gasteiger partial charge in [-0.3, -0.25) is 0 Å². The third kappa shape index (κ3) is 6.47. The molecule has 0 aromatic heterocycles. The summed E-state index contributed by atoms with van der Waals surface area (Å²) in [5.41, 5.74) is -2.26. The highest BCUT2D eigenvalue weighted by molar-refractivity contribution is 9.10. The van der Waals surface area contributed by atoms with E-state index >= 15 is 4.39 Å². The maximum absolute atomic E-state index is 15.0. The van der Waals surface area contributed by atoms with Gasteiger partial charge in [0.2, 0.25) is 0 Å². The predicted molar refractivity (Wildman–Crippen MR) is 142 cm³/mol. The number of amides is 1. The second kappa shape index (κ2) is 10.4. The summed E-state index contributed by atoms with van der Waals surface area (Å²) >= 11 is 4.55. The average molecular weight is 594 g/mol. The van der Waals surface area contributed by atoms with Gasteiger partial charge in [-0.15, -0.1) is 0 Å². The molecule has 1 fully saturated rings. The molecule has 0 bridgehead atoms. The van der Waals surface area contributed by atoms with Crippen molar-refractivity contribution in [1.29, 1.82) is 0 Å². The number of fused-ring (bicyclic) bond motifs is 1. The Balaban J connectivity index is 2.03. The van der Waals surface area contributed by atoms with Gasteiger partial charge in [-0.2, -0.15) is 0 Å². The Morgan fingerprint density at radius 1 is 1.37 bits per heavy atom. The fourth-order valence-electron chi connectivity index (χ4n) is 4.09. The third-order valence-corrected chi connectivity index (χ3v) is 9.80. The fraction of sp³-hybridized carbons (Fsp3) is 0.667. The molecule has 1 amide bonds. The van der Waals surface area contributed by atoms with Crippen molar-refractivity contribution in [2.75, 3.05) is 26.6 Å². The number of thioether (sulfide) groups is 1. The number of carbonyl (C=O) groups excluding carboxylic acids is 1. The van der Waals surface area contributed by atoms with Crippen LogP contribution in [0.5, 0.6) is 0 Å². The minimum Gasteiger partial charge on any atom is -0.443 e. The first-order valence-corrected chi connectivity index (χ1v) is 17.0. The molecule has 0 spiro atoms. The lowest BCUT2D eigenvalue weighted by atomic mass is 9.85. The van der Waals surface area contributed by atoms with Crippen LogP contribution in [0.4, 0.5) is 13.6 Å². The molecule has 1 aromatic carbocycles. The van der Waals surface area contributed by atoms with Crippen molar-refractivity contribution in [2.45, 2.75) is 68.8 Å². The summed E-state index contributed by atoms with van der Waals surface area (Å²) in [7, 11) is -1.36. The van der Waals surface area contributed by atoms with E-state index in [2.05, 4.69) is 40.6 Å². The molecule has 1 heterocycles. The molecule has 1 aromatic rings. The summed E-state index contributed by atoms with van der Waals surface area (Å²) in [6, 6.07) is 5.23. The van der Waals surface area contributed by atoms with Crippen LogP contribution in [0.1, 0.15) is 32.8 Å². The standard InChI is InChI=1S/C24H35BrF2N2O4SSi/c1-22(2,3)33-21(31)29(15-32-9-10-35(4,5)6)20-28-24(13-26,19-12-23(19,14-30)34-20)17-11-16(25)7-8-18(17)27/h7-8,11,19,30H,9-10,12-15H2,1-6H3/t19?,23-,24-/m1/s1. The number of aliphatic hydroxyl groups excluding tert-OH is 1. The zero-order valence-corrected chi connectivity index (χ0v) is 24.6. The number of halogens is 3. The lowest BCUT2D eigenvalue weighted by molar-refractivity contribution is 0.0108. The number of aliphatic imine (C=N–C) groups is 1. The van der Waals surface area contributed by atoms with Gasteiger partial charge >= 0.3 is 6.09 Å². The number of amidine groups is 1. The van der Waals surface area contributed by atoms with Gasteiger partial charge in [0.15, 0.2) is 5.17 Å². The summed E-state index contributed by atoms with van der Waals surface area (Å²) in [6.07, 6.45) is -0.248. The molecule has 1 aliphatic carbocycles. The quantitative estimate of drug-likeness (QED) is 0.222. The van der Waals surface area contributed by atoms with E-state index in [0.29, 0.717) is 17.5 Å². The van der Waals surface area contributed by atoms with Crippen molar-refractivity contribution in [2.24, 2.45) is 10.9 Å². The van der Waals surface area contributed by atoms with Gasteiger partial charge in [-0.1, -0.05) is 47.3 Å². The molecule has 0 saturated heterocycles. The Labute approximate surface area is 220 Å². The molecule has 1 N–H and O–H groups in total. The molecule has 3 rings (SSSR count). The van der Waals surface area contributed by atoms with Crippen molar-refractivity contribution in [1.82, 2.24) is 4.90 Å². The largest absolute Gasteiger partial charge is 0.443 e. The van der Waals surface area contributed by atoms with Gasteiger partial charge < -0.3 is 14.6 Å². The van der Waals surface area contributed by atoms with Crippen LogP contribution in [-0.2, 0) is 15.0 Å². The fourth-order valence-corrected chi connectivity index (χ4v) is 6.67. The number of carbonyl (C=O) groups is 1. The van der Waals surface area contributed by atoms with Gasteiger partial charge in [-0.25, -0.2) is 23.5 Å². The van der Waals surface area contributed by atoms with E-state index in [4.69, 9.17) is 9.47 Å². The number of hydrogen-bond donors (Lipinski definition) is 1. The molecule has 196 valence electrons. The number of aliphatic hydroxyl groups is 1. The first-order valence-electron chi connectivity index (χ1n) is 11.7. The van der Waals surface area contributed by atoms with E-state index in [0.717, 1.165) is 6.04 Å². The van der Waals surface area contributed by atoms with Crippen molar-refractivity contribution < 1.29 is 28.2 Å². The summed E-state index contributed by atoms with van der Waals surface area (Å²) in [6.45, 7) is 11.0. The lowest BCUT2D eigenvalue weighted by Crippen LogP contribution is -2.47. The van der Waals surface area contributed by atoms with Crippen molar-refractivity contribution >= 4 is 47.0 Å². The van der Waals surface area contributed by atoms with Crippen LogP contribution < -0.4 is 0 Å². The first kappa shape index (κ1) is 28.6. The van der Waals surface area contributed by atoms with Crippen LogP contribution in [0.15, 0.2) is 27.7 Å². The van der Waals surface area contributed by atoms with Crippen molar-refractivity contribution in [3.63, 3.8) is 0 Å². The van der Waals surface area contributed by atoms with Crippen LogP contribution in [0, 0.1) is 11.7 Å². The van der Waals surface area contributed by atoms with Gasteiger partial charge in [0.25, 0.3) is 0 Å². The first-order chi connectivity index (χ1) is 16.2. The number of alkyl halides is 1. The Bertz CT molecular complexity index is 987. The monoisotopic (exact) mass is 592 g/mol. The van der Waals surface area contributed by atoms with E-state index < -0.39 is 48.5 Å². The molecule has 1 aliphatic heterocycles. The number of hydrogen-bond acceptors (Lipinski definition) is 6. The van der Waals surface area contributed by atoms with E-state index in [1.54, 1.807) is 26.8 Å². The maximum Gasteiger partial charge on any atom is 0.418 e. The normalized spacial score (nSPS) is 26.1. The second-order valence-corrected chi connectivity index (χ2v) is 19.3. The molecular formula is C24H35BrF2N2O4SSi. The van der Waals surface area contributed by atoms with E-state index in [1.807, 2.05) is 0 Å². The molecule has 1 unspecified atom stereocenters. The molecule has 35 heavy (non-hydrogen) atoms. The lowest BCUT2D eigenvalue weighted by Gasteiger charge is -2.38. The Morgan fingerprint density at radius 3 is 2.63 bits per heavy atom. The van der Waals surface area contributed by atoms with Crippen LogP contribution in [0.25, 0.3) is 0 Å². The van der Waals surface area contributed by atoms with Crippen molar-refractivity contribution in [3.05, 3.63) is 34.1 Å². The van der Waals surface area contributed by atoms with E-state index in [-0.39, 0.29) is 24.1 Å². The SMILES string of the molecule is CC(C)(C)OC(=O)N(COCC[Si](C)(C)C)C1=N[C@](CF)(c2cc(Br)ccc2F)C2C[C@]2(CO)S1. The third-order valence-electron chi connectivity index (χ3n) is 6.12. The number of rotatable bonds is 8. The van der Waals surface area contributed by atoms with Gasteiger partial charge in [-0.05, 0) is 51.4 Å². The highest BCUT2D eigenvalue weighted by atomic mass is 79.9. The Hall–Kier alpha value is -1.01. The predicted octanol–water partition coefficient (Wildman–Crippen LogP) is 6.16. The number of benzene rings is 1. The second-order valence-electron chi connectivity index (χ2n) is 11.4.